The first kappa shape index (κ1) is 77.5. The van der Waals surface area contributed by atoms with Gasteiger partial charge in [-0.1, -0.05) is 259 Å². The van der Waals surface area contributed by atoms with E-state index >= 15 is 0 Å². The van der Waals surface area contributed by atoms with Gasteiger partial charge in [0.05, 0.1) is 77.6 Å². The van der Waals surface area contributed by atoms with Crippen molar-refractivity contribution in [1.82, 2.24) is 17.6 Å². The second kappa shape index (κ2) is 27.9. The molecule has 132 heavy (non-hydrogen) atoms. The van der Waals surface area contributed by atoms with Crippen molar-refractivity contribution in [3.05, 3.63) is 398 Å². The maximum atomic E-state index is 2.66. The Labute approximate surface area is 766 Å². The highest BCUT2D eigenvalue weighted by Gasteiger charge is 2.37. The molecular formula is C124H98N8. The van der Waals surface area contributed by atoms with E-state index in [2.05, 4.69) is 496 Å². The number of fused-ring (bicyclic) bond motifs is 24. The first-order valence-electron chi connectivity index (χ1n) is 46.6. The van der Waals surface area contributed by atoms with Gasteiger partial charge >= 0.3 is 0 Å². The van der Waals surface area contributed by atoms with Crippen LogP contribution in [-0.2, 0) is 21.7 Å². The van der Waals surface area contributed by atoms with Crippen LogP contribution < -0.4 is 19.6 Å². The third kappa shape index (κ3) is 11.3. The Kier molecular flexibility index (Phi) is 16.4. The Morgan fingerprint density at radius 2 is 0.455 bits per heavy atom. The molecule has 0 aliphatic carbocycles. The van der Waals surface area contributed by atoms with Crippen molar-refractivity contribution in [1.29, 1.82) is 0 Å². The molecule has 0 amide bonds. The molecule has 8 heterocycles. The summed E-state index contributed by atoms with van der Waals surface area (Å²) in [6.45, 7) is 28.4. The second-order valence-corrected chi connectivity index (χ2v) is 40.9. The molecule has 8 nitrogen and oxygen atoms in total. The van der Waals surface area contributed by atoms with Gasteiger partial charge in [-0.25, -0.2) is 0 Å². The monoisotopic (exact) mass is 1700 g/mol. The summed E-state index contributed by atoms with van der Waals surface area (Å²) in [6, 6.07) is 143. The Morgan fingerprint density at radius 3 is 0.841 bits per heavy atom. The minimum Gasteiger partial charge on any atom is -0.310 e. The normalized spacial score (nSPS) is 12.8. The molecule has 0 aliphatic rings. The number of nitrogens with zero attached hydrogens (tertiary/aromatic N) is 8. The van der Waals surface area contributed by atoms with E-state index in [1.807, 2.05) is 0 Å². The fourth-order valence-corrected chi connectivity index (χ4v) is 22.8. The van der Waals surface area contributed by atoms with Gasteiger partial charge in [-0.3, -0.25) is 0 Å². The van der Waals surface area contributed by atoms with Crippen LogP contribution in [0.3, 0.4) is 0 Å². The summed E-state index contributed by atoms with van der Waals surface area (Å²) in [5.41, 5.74) is 34.4. The lowest BCUT2D eigenvalue weighted by Crippen LogP contribution is -2.15. The molecule has 26 rings (SSSR count). The van der Waals surface area contributed by atoms with Crippen molar-refractivity contribution in [3.63, 3.8) is 0 Å². The number of anilines is 12. The third-order valence-electron chi connectivity index (χ3n) is 28.8. The predicted molar refractivity (Wildman–Crippen MR) is 564 cm³/mol. The number of aromatic nitrogens is 4. The number of hydrogen-bond donors (Lipinski definition) is 0. The number of para-hydroxylation sites is 8. The maximum Gasteiger partial charge on any atom is 0.0644 e. The molecule has 0 radical (unpaired) electrons. The molecule has 0 saturated heterocycles. The van der Waals surface area contributed by atoms with E-state index in [9.17, 15) is 0 Å². The predicted octanol–water partition coefficient (Wildman–Crippen LogP) is 35.0. The molecule has 0 bridgehead atoms. The van der Waals surface area contributed by atoms with E-state index in [4.69, 9.17) is 0 Å². The molecule has 0 saturated carbocycles. The summed E-state index contributed by atoms with van der Waals surface area (Å²) in [6.07, 6.45) is 0. The van der Waals surface area contributed by atoms with E-state index in [0.29, 0.717) is 0 Å². The van der Waals surface area contributed by atoms with Crippen LogP contribution in [0.4, 0.5) is 68.2 Å². The standard InChI is InChI=1S/C124H98N8/c1-121(2,3)77-56-59-104-90(63-77)94-65-87(125(79-38-20-13-21-39-79)80-40-22-14-23-41-80)66-96-92-69-108-93(70-107(92)129(104)117(94)96)97-68-88(67-95-91-64-78(122(4,5)6)57-60-105(91)130(108)118(95)97)126(81-42-24-15-25-43-81)86-52-36-37-75(61-86)76-55-58-106-98(62-76)114-102(124(10,11)12)74-112(128(84-48-30-18-31-49-84)85-50-32-19-33-51-85)116-100-71-109-99(72-110(100)132(106)120(114)116)115-111(127(82-44-26-16-27-45-82)83-46-28-17-29-47-83)73-101(123(7,8)9)113-89-53-34-35-54-103(89)131(109)119(113)115/h13-74H,1-12H3. The van der Waals surface area contributed by atoms with Gasteiger partial charge in [-0.05, 0) is 255 Å². The van der Waals surface area contributed by atoms with Crippen molar-refractivity contribution >= 4 is 221 Å². The van der Waals surface area contributed by atoms with Gasteiger partial charge in [0.15, 0.2) is 0 Å². The fraction of sp³-hybridized carbons (Fsp3) is 0.129. The molecule has 0 fully saturated rings. The molecule has 8 heteroatoms. The van der Waals surface area contributed by atoms with E-state index < -0.39 is 0 Å². The Morgan fingerprint density at radius 1 is 0.167 bits per heavy atom. The SMILES string of the molecule is CC(C)(C)c1ccc2c(c1)c1cc(N(c3ccccc3)c3ccccc3)cc3c4cc5c(cc4n2c13)c1cc(N(c2ccccc2)c2cccc(-c3ccc4c(c3)c3c(C(C)(C)C)cc(N(c6ccccc6)c6ccccc6)c6c7cc8c(cc7n4c63)c3c(N(c4ccccc4)c4ccccc4)cc(C(C)(C)C)c4c6ccccc6n8c34)c2)cc2c3cc(C(C)(C)C)ccc3n5c21. The van der Waals surface area contributed by atoms with Crippen molar-refractivity contribution in [2.45, 2.75) is 105 Å². The van der Waals surface area contributed by atoms with Crippen LogP contribution in [0.25, 0.3) is 164 Å². The Bertz CT molecular complexity index is 9040. The summed E-state index contributed by atoms with van der Waals surface area (Å²) in [4.78, 5) is 9.98. The first-order valence-corrected chi connectivity index (χ1v) is 46.6. The summed E-state index contributed by atoms with van der Waals surface area (Å²) in [5.74, 6) is 0. The molecule has 0 unspecified atom stereocenters. The third-order valence-corrected chi connectivity index (χ3v) is 28.8. The minimum atomic E-state index is -0.327. The lowest BCUT2D eigenvalue weighted by atomic mass is 9.82. The van der Waals surface area contributed by atoms with Gasteiger partial charge in [0.25, 0.3) is 0 Å². The molecule has 0 N–H and O–H groups in total. The molecule has 0 spiro atoms. The Balaban J connectivity index is 0.717. The minimum absolute atomic E-state index is 0.0632. The van der Waals surface area contributed by atoms with Crippen molar-refractivity contribution in [2.24, 2.45) is 0 Å². The van der Waals surface area contributed by atoms with Crippen LogP contribution in [-0.4, -0.2) is 17.6 Å². The van der Waals surface area contributed by atoms with Crippen molar-refractivity contribution < 1.29 is 0 Å². The largest absolute Gasteiger partial charge is 0.310 e. The van der Waals surface area contributed by atoms with E-state index in [0.717, 1.165) is 90.4 Å². The highest BCUT2D eigenvalue weighted by atomic mass is 15.2. The van der Waals surface area contributed by atoms with E-state index in [1.54, 1.807) is 0 Å². The summed E-state index contributed by atoms with van der Waals surface area (Å²) < 4.78 is 10.5. The van der Waals surface area contributed by atoms with Crippen molar-refractivity contribution in [2.75, 3.05) is 19.6 Å². The number of benzene rings is 18. The first-order chi connectivity index (χ1) is 64.1. The zero-order valence-corrected chi connectivity index (χ0v) is 76.4. The van der Waals surface area contributed by atoms with Crippen LogP contribution >= 0.6 is 0 Å². The van der Waals surface area contributed by atoms with Crippen molar-refractivity contribution in [3.8, 4) is 11.1 Å². The van der Waals surface area contributed by atoms with Gasteiger partial charge in [-0.2, -0.15) is 0 Å². The van der Waals surface area contributed by atoms with Gasteiger partial charge in [-0.15, -0.1) is 0 Å². The van der Waals surface area contributed by atoms with Crippen LogP contribution in [0, 0.1) is 0 Å². The molecule has 634 valence electrons. The zero-order valence-electron chi connectivity index (χ0n) is 76.4. The second-order valence-electron chi connectivity index (χ2n) is 40.9. The molecular weight excluding hydrogens is 1600 g/mol. The highest BCUT2D eigenvalue weighted by molar-refractivity contribution is 6.35. The lowest BCUT2D eigenvalue weighted by molar-refractivity contribution is 0.591. The molecule has 0 atom stereocenters. The topological polar surface area (TPSA) is 30.6 Å². The van der Waals surface area contributed by atoms with Crippen LogP contribution in [0.15, 0.2) is 376 Å². The fourth-order valence-electron chi connectivity index (χ4n) is 22.8. The van der Waals surface area contributed by atoms with Crippen LogP contribution in [0.1, 0.15) is 105 Å². The zero-order chi connectivity index (χ0) is 89.0. The molecule has 26 aromatic rings. The van der Waals surface area contributed by atoms with E-state index in [1.165, 1.54) is 164 Å². The Hall–Kier alpha value is -15.6. The van der Waals surface area contributed by atoms with Gasteiger partial charge in [0.1, 0.15) is 0 Å². The van der Waals surface area contributed by atoms with Gasteiger partial charge < -0.3 is 37.2 Å². The smallest absolute Gasteiger partial charge is 0.0644 e. The van der Waals surface area contributed by atoms with Gasteiger partial charge in [0, 0.05) is 143 Å². The van der Waals surface area contributed by atoms with E-state index in [-0.39, 0.29) is 21.7 Å². The molecule has 0 aliphatic heterocycles. The lowest BCUT2D eigenvalue weighted by Gasteiger charge is -2.29. The maximum absolute atomic E-state index is 2.66. The highest BCUT2D eigenvalue weighted by Crippen LogP contribution is 2.58. The van der Waals surface area contributed by atoms with Crippen LogP contribution in [0.2, 0.25) is 0 Å². The molecule has 18 aromatic carbocycles. The average Bonchev–Trinajstić information content (AvgIpc) is 1.50. The summed E-state index contributed by atoms with van der Waals surface area (Å²) in [7, 11) is 0. The number of hydrogen-bond acceptors (Lipinski definition) is 4. The summed E-state index contributed by atoms with van der Waals surface area (Å²) >= 11 is 0. The quantitative estimate of drug-likeness (QED) is 0.115. The van der Waals surface area contributed by atoms with Gasteiger partial charge in [0.2, 0.25) is 0 Å². The van der Waals surface area contributed by atoms with Crippen LogP contribution in [0.5, 0.6) is 0 Å². The number of rotatable bonds is 13. The molecule has 8 aromatic heterocycles. The average molecular weight is 1700 g/mol. The summed E-state index contributed by atoms with van der Waals surface area (Å²) in [5, 5.41) is 19.7.